The van der Waals surface area contributed by atoms with Gasteiger partial charge in [0.25, 0.3) is 10.0 Å². The Labute approximate surface area is 195 Å². The first-order valence-electron chi connectivity index (χ1n) is 10.3. The van der Waals surface area contributed by atoms with E-state index in [-0.39, 0.29) is 16.3 Å². The Kier molecular flexibility index (Phi) is 5.11. The van der Waals surface area contributed by atoms with Gasteiger partial charge in [0.1, 0.15) is 0 Å². The van der Waals surface area contributed by atoms with E-state index >= 15 is 0 Å². The number of fused-ring (bicyclic) bond motifs is 2. The highest BCUT2D eigenvalue weighted by molar-refractivity contribution is 7.90. The molecule has 0 aliphatic rings. The molecule has 1 aromatic heterocycles. The van der Waals surface area contributed by atoms with Crippen LogP contribution in [-0.2, 0) is 14.8 Å². The number of hydrogen-bond acceptors (Lipinski definition) is 5. The Morgan fingerprint density at radius 2 is 1.71 bits per heavy atom. The summed E-state index contributed by atoms with van der Waals surface area (Å²) in [5.74, 6) is -0.316. The van der Waals surface area contributed by atoms with Crippen LogP contribution >= 0.6 is 0 Å². The van der Waals surface area contributed by atoms with Crippen LogP contribution in [0, 0.1) is 6.57 Å². The van der Waals surface area contributed by atoms with Gasteiger partial charge in [0, 0.05) is 5.56 Å². The summed E-state index contributed by atoms with van der Waals surface area (Å²) < 4.78 is 33.7. The van der Waals surface area contributed by atoms with E-state index in [4.69, 9.17) is 11.3 Å². The number of methoxy groups -OCH3 is 1. The molecule has 0 bridgehead atoms. The summed E-state index contributed by atoms with van der Waals surface area (Å²) >= 11 is 0. The van der Waals surface area contributed by atoms with E-state index in [1.165, 1.54) is 47.5 Å². The maximum Gasteiger partial charge on any atom is 0.337 e. The van der Waals surface area contributed by atoms with Gasteiger partial charge in [-0.15, -0.1) is 0 Å². The minimum Gasteiger partial charge on any atom is -0.465 e. The van der Waals surface area contributed by atoms with Crippen LogP contribution in [0.3, 0.4) is 0 Å². The average Bonchev–Trinajstić information content (AvgIpc) is 3.27. The number of carbonyl (C=O) groups excluding carboxylic acids is 1. The van der Waals surface area contributed by atoms with Crippen molar-refractivity contribution in [2.24, 2.45) is 0 Å². The predicted molar refractivity (Wildman–Crippen MR) is 129 cm³/mol. The van der Waals surface area contributed by atoms with E-state index in [0.717, 1.165) is 10.8 Å². The van der Waals surface area contributed by atoms with E-state index in [1.54, 1.807) is 6.07 Å². The third-order valence-corrected chi connectivity index (χ3v) is 7.29. The summed E-state index contributed by atoms with van der Waals surface area (Å²) in [7, 11) is -2.82. The topological polar surface area (TPSA) is 82.6 Å². The zero-order valence-corrected chi connectivity index (χ0v) is 18.8. The van der Waals surface area contributed by atoms with Crippen molar-refractivity contribution in [1.29, 1.82) is 0 Å². The van der Waals surface area contributed by atoms with Gasteiger partial charge in [-0.05, 0) is 29.0 Å². The Morgan fingerprint density at radius 1 is 0.971 bits per heavy atom. The van der Waals surface area contributed by atoms with E-state index in [2.05, 4.69) is 9.83 Å². The second-order valence-corrected chi connectivity index (χ2v) is 9.32. The maximum absolute atomic E-state index is 13.9. The summed E-state index contributed by atoms with van der Waals surface area (Å²) in [6.07, 6.45) is 0. The van der Waals surface area contributed by atoms with Crippen molar-refractivity contribution in [2.75, 3.05) is 7.11 Å². The summed E-state index contributed by atoms with van der Waals surface area (Å²) in [5.41, 5.74) is 1.90. The standard InChI is InChI=1S/C26H17N3O4S/c1-27-19-11-13-20(14-12-19)34(31,32)29-24-15-10-18(26(30)33-2)16-23(24)28-25(29)22-9-5-7-17-6-3-4-8-21(17)22/h3-16H,2H3. The normalized spacial score (nSPS) is 11.4. The van der Waals surface area contributed by atoms with Crippen LogP contribution < -0.4 is 0 Å². The van der Waals surface area contributed by atoms with Crippen LogP contribution in [-0.4, -0.2) is 30.5 Å². The van der Waals surface area contributed by atoms with Crippen molar-refractivity contribution in [1.82, 2.24) is 8.96 Å². The number of esters is 1. The molecule has 166 valence electrons. The molecule has 4 aromatic carbocycles. The number of imidazole rings is 1. The largest absolute Gasteiger partial charge is 0.465 e. The number of aromatic nitrogens is 2. The molecule has 0 amide bonds. The van der Waals surface area contributed by atoms with Crippen molar-refractivity contribution in [3.8, 4) is 11.4 Å². The van der Waals surface area contributed by atoms with Gasteiger partial charge in [-0.25, -0.2) is 27.0 Å². The third-order valence-electron chi connectivity index (χ3n) is 5.57. The second kappa shape index (κ2) is 8.14. The molecule has 1 heterocycles. The van der Waals surface area contributed by atoms with E-state index in [0.29, 0.717) is 22.3 Å². The number of benzene rings is 4. The first-order chi connectivity index (χ1) is 16.4. The minimum absolute atomic E-state index is 0.0257. The first-order valence-corrected chi connectivity index (χ1v) is 11.7. The SMILES string of the molecule is [C-]#[N+]c1ccc(S(=O)(=O)n2c(-c3cccc4ccccc34)nc3cc(C(=O)OC)ccc32)cc1. The fourth-order valence-electron chi connectivity index (χ4n) is 3.93. The molecule has 0 fully saturated rings. The molecule has 7 nitrogen and oxygen atoms in total. The Morgan fingerprint density at radius 3 is 2.44 bits per heavy atom. The van der Waals surface area contributed by atoms with Gasteiger partial charge in [-0.2, -0.15) is 0 Å². The van der Waals surface area contributed by atoms with Crippen molar-refractivity contribution in [3.05, 3.63) is 102 Å². The molecule has 5 rings (SSSR count). The number of carbonyl (C=O) groups is 1. The lowest BCUT2D eigenvalue weighted by Gasteiger charge is -2.12. The maximum atomic E-state index is 13.9. The van der Waals surface area contributed by atoms with Gasteiger partial charge in [0.05, 0.1) is 35.2 Å². The van der Waals surface area contributed by atoms with Crippen molar-refractivity contribution in [2.45, 2.75) is 4.90 Å². The number of rotatable bonds is 4. The smallest absolute Gasteiger partial charge is 0.337 e. The quantitative estimate of drug-likeness (QED) is 0.260. The molecule has 0 atom stereocenters. The number of ether oxygens (including phenoxy) is 1. The van der Waals surface area contributed by atoms with Crippen LogP contribution in [0.5, 0.6) is 0 Å². The zero-order chi connectivity index (χ0) is 23.9. The molecule has 0 N–H and O–H groups in total. The lowest BCUT2D eigenvalue weighted by molar-refractivity contribution is 0.0601. The molecule has 0 aliphatic heterocycles. The molecule has 0 saturated carbocycles. The molecule has 0 aliphatic carbocycles. The third kappa shape index (κ3) is 3.39. The second-order valence-electron chi connectivity index (χ2n) is 7.53. The van der Waals surface area contributed by atoms with Crippen LogP contribution in [0.2, 0.25) is 0 Å². The number of nitrogens with zero attached hydrogens (tertiary/aromatic N) is 3. The fourth-order valence-corrected chi connectivity index (χ4v) is 5.41. The molecule has 34 heavy (non-hydrogen) atoms. The predicted octanol–water partition coefficient (Wildman–Crippen LogP) is 5.43. The average molecular weight is 468 g/mol. The summed E-state index contributed by atoms with van der Waals surface area (Å²) in [5, 5.41) is 1.78. The highest BCUT2D eigenvalue weighted by Gasteiger charge is 2.26. The van der Waals surface area contributed by atoms with Gasteiger partial charge in [0.15, 0.2) is 11.5 Å². The summed E-state index contributed by atoms with van der Waals surface area (Å²) in [4.78, 5) is 20.1. The monoisotopic (exact) mass is 467 g/mol. The van der Waals surface area contributed by atoms with Crippen molar-refractivity contribution >= 4 is 43.5 Å². The van der Waals surface area contributed by atoms with Gasteiger partial charge in [0.2, 0.25) is 0 Å². The first kappa shape index (κ1) is 21.4. The fraction of sp³-hybridized carbons (Fsp3) is 0.0385. The molecule has 0 spiro atoms. The summed E-state index contributed by atoms with van der Waals surface area (Å²) in [6.45, 7) is 7.13. The molecule has 5 aromatic rings. The lowest BCUT2D eigenvalue weighted by atomic mass is 10.0. The molecule has 8 heteroatoms. The molecular weight excluding hydrogens is 450 g/mol. The highest BCUT2D eigenvalue weighted by Crippen LogP contribution is 2.34. The summed E-state index contributed by atoms with van der Waals surface area (Å²) in [6, 6.07) is 23.6. The van der Waals surface area contributed by atoms with Crippen molar-refractivity contribution < 1.29 is 17.9 Å². The Hall–Kier alpha value is -4.48. The lowest BCUT2D eigenvalue weighted by Crippen LogP contribution is -2.14. The molecule has 0 unspecified atom stereocenters. The molecular formula is C26H17N3O4S. The Balaban J connectivity index is 1.85. The Bertz CT molecular complexity index is 1730. The van der Waals surface area contributed by atoms with Crippen LogP contribution in [0.4, 0.5) is 5.69 Å². The van der Waals surface area contributed by atoms with E-state index in [1.807, 2.05) is 42.5 Å². The number of hydrogen-bond donors (Lipinski definition) is 0. The van der Waals surface area contributed by atoms with E-state index < -0.39 is 16.0 Å². The van der Waals surface area contributed by atoms with Crippen LogP contribution in [0.25, 0.3) is 38.0 Å². The van der Waals surface area contributed by atoms with Gasteiger partial charge in [-0.3, -0.25) is 0 Å². The van der Waals surface area contributed by atoms with Crippen molar-refractivity contribution in [3.63, 3.8) is 0 Å². The highest BCUT2D eigenvalue weighted by atomic mass is 32.2. The van der Waals surface area contributed by atoms with Gasteiger partial charge >= 0.3 is 5.97 Å². The van der Waals surface area contributed by atoms with E-state index in [9.17, 15) is 13.2 Å². The van der Waals surface area contributed by atoms with Crippen LogP contribution in [0.1, 0.15) is 10.4 Å². The zero-order valence-electron chi connectivity index (χ0n) is 18.0. The van der Waals surface area contributed by atoms with Gasteiger partial charge < -0.3 is 4.74 Å². The minimum atomic E-state index is -4.10. The van der Waals surface area contributed by atoms with Gasteiger partial charge in [-0.1, -0.05) is 66.7 Å². The van der Waals surface area contributed by atoms with Crippen LogP contribution in [0.15, 0.2) is 89.8 Å². The molecule has 0 saturated heterocycles. The molecule has 0 radical (unpaired) electrons.